The monoisotopic (exact) mass is 1490 g/mol. The van der Waals surface area contributed by atoms with Crippen LogP contribution in [0.4, 0.5) is 0 Å². The molecule has 102 heavy (non-hydrogen) atoms. The molecule has 0 bridgehead atoms. The lowest BCUT2D eigenvalue weighted by Crippen LogP contribution is -2.45. The van der Waals surface area contributed by atoms with Gasteiger partial charge in [-0.3, -0.25) is 24.0 Å². The molecule has 0 aromatic heterocycles. The summed E-state index contributed by atoms with van der Waals surface area (Å²) in [4.78, 5) is 77.9. The van der Waals surface area contributed by atoms with Crippen molar-refractivity contribution in [2.75, 3.05) is 113 Å². The first kappa shape index (κ1) is 88.1. The van der Waals surface area contributed by atoms with Crippen LogP contribution in [0.5, 0.6) is 23.0 Å². The number of hydrogen-bond acceptors (Lipinski definition) is 21. The maximum Gasteiger partial charge on any atom is 0.333 e. The third-order valence-corrected chi connectivity index (χ3v) is 19.8. The Morgan fingerprint density at radius 1 is 0.480 bits per heavy atom. The van der Waals surface area contributed by atoms with Crippen molar-refractivity contribution in [3.8, 4) is 23.0 Å². The highest BCUT2D eigenvalue weighted by Crippen LogP contribution is 2.38. The summed E-state index contributed by atoms with van der Waals surface area (Å²) in [5, 5.41) is 20.4. The maximum atomic E-state index is 13.3. The van der Waals surface area contributed by atoms with Crippen molar-refractivity contribution in [2.45, 2.75) is 107 Å². The van der Waals surface area contributed by atoms with E-state index in [1.54, 1.807) is 91.9 Å². The minimum Gasteiger partial charge on any atom is -0.507 e. The molecule has 0 radical (unpaired) electrons. The molecule has 0 saturated carbocycles. The van der Waals surface area contributed by atoms with E-state index in [1.807, 2.05) is 33.8 Å². The van der Waals surface area contributed by atoms with Crippen molar-refractivity contribution in [1.82, 2.24) is 14.7 Å². The van der Waals surface area contributed by atoms with Gasteiger partial charge in [0, 0.05) is 55.0 Å². The van der Waals surface area contributed by atoms with Gasteiger partial charge in [-0.2, -0.15) is 0 Å². The number of likely N-dealkylation sites (N-methyl/N-ethyl adjacent to an activating group) is 3. The van der Waals surface area contributed by atoms with E-state index in [1.165, 1.54) is 75.4 Å². The first-order valence-electron chi connectivity index (χ1n) is 33.3. The van der Waals surface area contributed by atoms with Gasteiger partial charge in [0.05, 0.1) is 51.1 Å². The number of benzene rings is 6. The van der Waals surface area contributed by atoms with E-state index in [2.05, 4.69) is 56.5 Å². The Balaban J connectivity index is 0.000000397. The van der Waals surface area contributed by atoms with Crippen molar-refractivity contribution in [3.63, 3.8) is 0 Å². The normalized spacial score (nSPS) is 13.0. The quantitative estimate of drug-likeness (QED) is 0.00923. The average molecular weight is 1490 g/mol. The molecular formula is C77H101Cl2N3O18S2. The molecule has 25 heteroatoms. The zero-order chi connectivity index (χ0) is 76.4. The number of ether oxygens (including phenoxy) is 6. The van der Waals surface area contributed by atoms with Crippen molar-refractivity contribution in [3.05, 3.63) is 191 Å². The molecule has 0 spiro atoms. The molecular weight excluding hydrogens is 1390 g/mol. The van der Waals surface area contributed by atoms with Gasteiger partial charge in [-0.1, -0.05) is 129 Å². The number of ketones is 2. The number of unbranched alkanes of at least 4 members (excludes halogenated alkanes) is 2. The van der Waals surface area contributed by atoms with Crippen LogP contribution in [0.1, 0.15) is 117 Å². The zero-order valence-corrected chi connectivity index (χ0v) is 64.1. The van der Waals surface area contributed by atoms with Crippen LogP contribution in [0.2, 0.25) is 0 Å². The Kier molecular flexibility index (Phi) is 37.2. The van der Waals surface area contributed by atoms with E-state index in [0.29, 0.717) is 28.9 Å². The molecule has 2 N–H and O–H groups in total. The minimum absolute atomic E-state index is 0.0418. The van der Waals surface area contributed by atoms with Gasteiger partial charge in [-0.25, -0.2) is 21.6 Å². The third-order valence-electron chi connectivity index (χ3n) is 15.1. The number of phenols is 2. The number of esters is 4. The molecule has 3 unspecified atom stereocenters. The molecule has 6 aromatic carbocycles. The Labute approximate surface area is 612 Å². The molecule has 3 atom stereocenters. The van der Waals surface area contributed by atoms with Crippen LogP contribution in [0.15, 0.2) is 168 Å². The van der Waals surface area contributed by atoms with Gasteiger partial charge in [0.25, 0.3) is 0 Å². The molecule has 0 amide bonds. The summed E-state index contributed by atoms with van der Waals surface area (Å²) in [6.45, 7) is 21.6. The third kappa shape index (κ3) is 31.2. The fraction of sp³-hybridized carbons (Fsp3) is 0.429. The van der Waals surface area contributed by atoms with Crippen LogP contribution < -0.4 is 9.47 Å². The highest BCUT2D eigenvalue weighted by molar-refractivity contribution is 7.91. The van der Waals surface area contributed by atoms with Crippen LogP contribution in [0.3, 0.4) is 0 Å². The molecule has 6 rings (SSSR count). The van der Waals surface area contributed by atoms with Crippen LogP contribution in [0.25, 0.3) is 0 Å². The van der Waals surface area contributed by atoms with Gasteiger partial charge in [0.2, 0.25) is 0 Å². The predicted octanol–water partition coefficient (Wildman–Crippen LogP) is 12.3. The second kappa shape index (κ2) is 43.1. The van der Waals surface area contributed by atoms with Crippen molar-refractivity contribution in [1.29, 1.82) is 0 Å². The summed E-state index contributed by atoms with van der Waals surface area (Å²) in [5.74, 6) is -4.37. The first-order chi connectivity index (χ1) is 47.9. The van der Waals surface area contributed by atoms with Crippen molar-refractivity contribution in [2.24, 2.45) is 5.41 Å². The zero-order valence-electron chi connectivity index (χ0n) is 60.9. The second-order valence-corrected chi connectivity index (χ2v) is 31.3. The maximum absolute atomic E-state index is 13.3. The highest BCUT2D eigenvalue weighted by Gasteiger charge is 2.48. The lowest BCUT2D eigenvalue weighted by Gasteiger charge is -2.33. The van der Waals surface area contributed by atoms with E-state index < -0.39 is 70.2 Å². The molecule has 0 aliphatic carbocycles. The average Bonchev–Trinajstić information content (AvgIpc) is 0.782. The Morgan fingerprint density at radius 3 is 1.24 bits per heavy atom. The number of sulfone groups is 2. The smallest absolute Gasteiger partial charge is 0.333 e. The van der Waals surface area contributed by atoms with Gasteiger partial charge in [0.15, 0.2) is 36.1 Å². The summed E-state index contributed by atoms with van der Waals surface area (Å²) in [5.41, 5.74) is 1.71. The highest BCUT2D eigenvalue weighted by atomic mass is 35.5. The fourth-order valence-electron chi connectivity index (χ4n) is 9.21. The van der Waals surface area contributed by atoms with Crippen molar-refractivity contribution < 1.29 is 84.2 Å². The summed E-state index contributed by atoms with van der Waals surface area (Å²) < 4.78 is 82.8. The molecule has 558 valence electrons. The van der Waals surface area contributed by atoms with Gasteiger partial charge >= 0.3 is 23.9 Å². The number of nitrogens with zero attached hydrogens (tertiary/aromatic N) is 3. The Morgan fingerprint density at radius 2 is 0.853 bits per heavy atom. The van der Waals surface area contributed by atoms with E-state index in [4.69, 9.17) is 51.6 Å². The summed E-state index contributed by atoms with van der Waals surface area (Å²) in [7, 11) is 3.01. The molecule has 21 nitrogen and oxygen atoms in total. The van der Waals surface area contributed by atoms with Gasteiger partial charge in [0.1, 0.15) is 54.3 Å². The number of phenolic OH excluding ortho intramolecular Hbond substituents is 2. The lowest BCUT2D eigenvalue weighted by molar-refractivity contribution is -0.156. The van der Waals surface area contributed by atoms with Crippen LogP contribution in [-0.4, -0.2) is 200 Å². The van der Waals surface area contributed by atoms with E-state index in [-0.39, 0.29) is 95.8 Å². The minimum atomic E-state index is -3.96. The number of alkyl halides is 2. The molecule has 0 saturated heterocycles. The Bertz CT molecular complexity index is 3880. The number of aryl methyl sites for hydroxylation is 2. The SMILES string of the molecule is C=C(C)C(=O)OCCOc1ccc(C(=O)c2ccccc2)c(O)c1.CCCCOC(=O)C(C)(CC(C)(Cl)C(=O)OCCOc1ccc(C(=O)c2ccccc2)c(O)c1)CS(=O)(=O)c1ccc(C)cc1.CCCCOC(=O)C(C)(Cl)CS(=O)(=O)c1ccc(C)cc1.CN(C)CCN(C)CCN(C)C. The number of hydrogen-bond donors (Lipinski definition) is 2. The number of carbonyl (C=O) groups is 6. The van der Waals surface area contributed by atoms with Crippen LogP contribution in [-0.2, 0) is 57.8 Å². The second-order valence-electron chi connectivity index (χ2n) is 25.7. The number of rotatable bonds is 36. The molecule has 6 aromatic rings. The lowest BCUT2D eigenvalue weighted by atomic mass is 9.82. The summed E-state index contributed by atoms with van der Waals surface area (Å²) >= 11 is 12.7. The molecule has 0 heterocycles. The number of halogens is 2. The predicted molar refractivity (Wildman–Crippen MR) is 398 cm³/mol. The first-order valence-corrected chi connectivity index (χ1v) is 37.3. The van der Waals surface area contributed by atoms with E-state index >= 15 is 0 Å². The summed E-state index contributed by atoms with van der Waals surface area (Å²) in [6.07, 6.45) is 2.60. The van der Waals surface area contributed by atoms with E-state index in [9.17, 15) is 55.8 Å². The van der Waals surface area contributed by atoms with Crippen LogP contribution >= 0.6 is 23.2 Å². The van der Waals surface area contributed by atoms with Crippen molar-refractivity contribution >= 4 is 78.3 Å². The van der Waals surface area contributed by atoms with Gasteiger partial charge < -0.3 is 53.3 Å². The Hall–Kier alpha value is -8.16. The van der Waals surface area contributed by atoms with Crippen LogP contribution in [0, 0.1) is 19.3 Å². The molecule has 0 aliphatic rings. The molecule has 0 aliphatic heterocycles. The largest absolute Gasteiger partial charge is 0.507 e. The standard InChI is InChI=1S/C34H39ClO9S.C19H18O5.C15H21ClO4S.C9H23N3/c1-5-6-18-43-31(38)33(3,23-45(40,41)27-15-12-24(2)13-16-27)22-34(4,35)32(39)44-20-19-42-26-14-17-28(29(36)21-26)30(37)25-10-8-7-9-11-25;1-13(2)19(22)24-11-10-23-15-8-9-16(17(20)12-15)18(21)14-6-4-3-5-7-14;1-4-5-10-20-14(17)15(3,16)11-21(18,19)13-8-6-12(2)7-9-13;1-10(2)6-8-12(5)9-7-11(3)4/h7-17,21,36H,5-6,18-20,22-23H2,1-4H3;3-9,12,20H,1,10-11H2,2H3;6-9H,4-5,10-11H2,1-3H3;6-9H2,1-5H3. The fourth-order valence-corrected chi connectivity index (χ4v) is 13.4. The summed E-state index contributed by atoms with van der Waals surface area (Å²) in [6, 6.07) is 38.6. The van der Waals surface area contributed by atoms with E-state index in [0.717, 1.165) is 56.6 Å². The van der Waals surface area contributed by atoms with Gasteiger partial charge in [-0.15, -0.1) is 23.2 Å². The topological polar surface area (TPSA) is 276 Å². The van der Waals surface area contributed by atoms with Gasteiger partial charge in [-0.05, 0) is 145 Å². The number of aromatic hydroxyl groups is 2. The number of carbonyl (C=O) groups excluding carboxylic acids is 6. The molecule has 0 fully saturated rings.